The van der Waals surface area contributed by atoms with Crippen molar-refractivity contribution in [1.29, 1.82) is 0 Å². The number of nitrogens with one attached hydrogen (secondary N) is 1. The molecule has 2 aromatic rings. The quantitative estimate of drug-likeness (QED) is 0.892. The molecule has 4 nitrogen and oxygen atoms in total. The molecule has 0 radical (unpaired) electrons. The van der Waals surface area contributed by atoms with Gasteiger partial charge in [0.2, 0.25) is 5.88 Å². The summed E-state index contributed by atoms with van der Waals surface area (Å²) < 4.78 is 6.09. The topological polar surface area (TPSA) is 47.0 Å². The Morgan fingerprint density at radius 1 is 1.35 bits per heavy atom. The van der Waals surface area contributed by atoms with Crippen LogP contribution in [0.3, 0.4) is 0 Å². The maximum atomic E-state index is 5.98. The summed E-state index contributed by atoms with van der Waals surface area (Å²) in [6.45, 7) is 0. The first-order valence-corrected chi connectivity index (χ1v) is 7.28. The van der Waals surface area contributed by atoms with Crippen molar-refractivity contribution < 1.29 is 4.74 Å². The Hall–Kier alpha value is -1.17. The fourth-order valence-electron chi connectivity index (χ4n) is 1.96. The van der Waals surface area contributed by atoms with E-state index in [1.165, 1.54) is 6.33 Å². The van der Waals surface area contributed by atoms with Crippen LogP contribution in [0.2, 0.25) is 5.02 Å². The molecule has 1 N–H and O–H groups in total. The summed E-state index contributed by atoms with van der Waals surface area (Å²) in [5.41, 5.74) is 2.05. The molecule has 1 unspecified atom stereocenters. The van der Waals surface area contributed by atoms with Crippen LogP contribution in [0.15, 0.2) is 35.1 Å². The molecule has 1 heterocycles. The maximum Gasteiger partial charge on any atom is 0.216 e. The molecule has 0 saturated carbocycles. The van der Waals surface area contributed by atoms with E-state index in [1.54, 1.807) is 7.11 Å². The van der Waals surface area contributed by atoms with Crippen molar-refractivity contribution in [2.45, 2.75) is 12.5 Å². The number of hydrogen-bond acceptors (Lipinski definition) is 4. The number of ether oxygens (including phenoxy) is 1. The normalized spacial score (nSPS) is 12.2. The summed E-state index contributed by atoms with van der Waals surface area (Å²) in [4.78, 5) is 8.29. The average Bonchev–Trinajstić information content (AvgIpc) is 2.45. The first-order chi connectivity index (χ1) is 9.63. The molecule has 0 fully saturated rings. The highest BCUT2D eigenvalue weighted by molar-refractivity contribution is 9.10. The number of aromatic nitrogens is 2. The van der Waals surface area contributed by atoms with Crippen LogP contribution in [0, 0.1) is 0 Å². The first-order valence-electron chi connectivity index (χ1n) is 6.11. The smallest absolute Gasteiger partial charge is 0.216 e. The van der Waals surface area contributed by atoms with E-state index in [2.05, 4.69) is 31.2 Å². The molecular weight excluding hydrogens is 342 g/mol. The zero-order valence-corrected chi connectivity index (χ0v) is 13.6. The molecule has 0 amide bonds. The van der Waals surface area contributed by atoms with E-state index < -0.39 is 0 Å². The van der Waals surface area contributed by atoms with Crippen molar-refractivity contribution in [1.82, 2.24) is 15.3 Å². The van der Waals surface area contributed by atoms with Crippen LogP contribution in [0.1, 0.15) is 17.3 Å². The highest BCUT2D eigenvalue weighted by atomic mass is 79.9. The van der Waals surface area contributed by atoms with Crippen molar-refractivity contribution in [3.8, 4) is 5.88 Å². The lowest BCUT2D eigenvalue weighted by atomic mass is 10.0. The second-order valence-electron chi connectivity index (χ2n) is 4.26. The summed E-state index contributed by atoms with van der Waals surface area (Å²) in [7, 11) is 3.52. The minimum atomic E-state index is 0.126. The first kappa shape index (κ1) is 15.2. The minimum Gasteiger partial charge on any atom is -0.481 e. The monoisotopic (exact) mass is 355 g/mol. The fraction of sp³-hybridized carbons (Fsp3) is 0.286. The number of benzene rings is 1. The second-order valence-corrected chi connectivity index (χ2v) is 5.55. The van der Waals surface area contributed by atoms with Crippen LogP contribution in [0.5, 0.6) is 5.88 Å². The van der Waals surface area contributed by atoms with Crippen LogP contribution in [0.25, 0.3) is 0 Å². The Balaban J connectivity index is 2.23. The molecular formula is C14H15BrClN3O. The number of rotatable bonds is 5. The van der Waals surface area contributed by atoms with E-state index in [0.29, 0.717) is 10.9 Å². The molecule has 0 bridgehead atoms. The molecule has 0 aliphatic heterocycles. The Labute approximate surface area is 131 Å². The number of methoxy groups -OCH3 is 1. The number of likely N-dealkylation sites (N-methyl/N-ethyl adjacent to an activating group) is 1. The molecule has 2 rings (SSSR count). The lowest BCUT2D eigenvalue weighted by Gasteiger charge is -2.18. The molecule has 1 atom stereocenters. The van der Waals surface area contributed by atoms with Crippen LogP contribution < -0.4 is 10.1 Å². The van der Waals surface area contributed by atoms with E-state index in [9.17, 15) is 0 Å². The molecule has 6 heteroatoms. The number of nitrogens with zero attached hydrogens (tertiary/aromatic N) is 2. The van der Waals surface area contributed by atoms with Crippen molar-refractivity contribution in [2.75, 3.05) is 14.2 Å². The highest BCUT2D eigenvalue weighted by Gasteiger charge is 2.15. The van der Waals surface area contributed by atoms with Gasteiger partial charge in [0, 0.05) is 33.7 Å². The van der Waals surface area contributed by atoms with E-state index in [-0.39, 0.29) is 6.04 Å². The molecule has 20 heavy (non-hydrogen) atoms. The molecule has 106 valence electrons. The summed E-state index contributed by atoms with van der Waals surface area (Å²) >= 11 is 9.53. The Morgan fingerprint density at radius 3 is 2.80 bits per heavy atom. The number of hydrogen-bond donors (Lipinski definition) is 1. The third kappa shape index (κ3) is 3.69. The predicted molar refractivity (Wildman–Crippen MR) is 83.2 cm³/mol. The lowest BCUT2D eigenvalue weighted by molar-refractivity contribution is 0.395. The van der Waals surface area contributed by atoms with Gasteiger partial charge in [0.15, 0.2) is 0 Å². The molecule has 1 aromatic heterocycles. The van der Waals surface area contributed by atoms with Crippen LogP contribution in [-0.2, 0) is 6.42 Å². The summed E-state index contributed by atoms with van der Waals surface area (Å²) in [6, 6.07) is 7.75. The number of halogens is 2. The third-order valence-corrected chi connectivity index (χ3v) is 3.93. The van der Waals surface area contributed by atoms with Crippen molar-refractivity contribution in [3.05, 3.63) is 51.3 Å². The molecule has 0 spiro atoms. The summed E-state index contributed by atoms with van der Waals surface area (Å²) in [5, 5.41) is 4.00. The zero-order chi connectivity index (χ0) is 14.5. The van der Waals surface area contributed by atoms with Crippen molar-refractivity contribution in [2.24, 2.45) is 0 Å². The van der Waals surface area contributed by atoms with Crippen LogP contribution in [-0.4, -0.2) is 24.1 Å². The van der Waals surface area contributed by atoms with Crippen LogP contribution in [0.4, 0.5) is 0 Å². The fourth-order valence-corrected chi connectivity index (χ4v) is 2.92. The Kier molecular flexibility index (Phi) is 5.34. The highest BCUT2D eigenvalue weighted by Crippen LogP contribution is 2.28. The van der Waals surface area contributed by atoms with Gasteiger partial charge in [-0.2, -0.15) is 0 Å². The van der Waals surface area contributed by atoms with E-state index >= 15 is 0 Å². The minimum absolute atomic E-state index is 0.126. The van der Waals surface area contributed by atoms with E-state index in [4.69, 9.17) is 16.3 Å². The summed E-state index contributed by atoms with van der Waals surface area (Å²) in [6.07, 6.45) is 2.24. The van der Waals surface area contributed by atoms with Crippen molar-refractivity contribution >= 4 is 27.5 Å². The van der Waals surface area contributed by atoms with Gasteiger partial charge >= 0.3 is 0 Å². The largest absolute Gasteiger partial charge is 0.481 e. The average molecular weight is 357 g/mol. The maximum absolute atomic E-state index is 5.98. The van der Waals surface area contributed by atoms with E-state index in [1.807, 2.05) is 31.3 Å². The Bertz CT molecular complexity index is 594. The summed E-state index contributed by atoms with van der Waals surface area (Å²) in [5.74, 6) is 0.569. The van der Waals surface area contributed by atoms with Gasteiger partial charge in [0.05, 0.1) is 7.11 Å². The van der Waals surface area contributed by atoms with Gasteiger partial charge < -0.3 is 10.1 Å². The van der Waals surface area contributed by atoms with Gasteiger partial charge in [-0.1, -0.05) is 33.6 Å². The molecule has 1 aromatic carbocycles. The molecule has 0 aliphatic rings. The van der Waals surface area contributed by atoms with Crippen LogP contribution >= 0.6 is 27.5 Å². The van der Waals surface area contributed by atoms with E-state index in [0.717, 1.165) is 22.2 Å². The third-order valence-electron chi connectivity index (χ3n) is 3.01. The van der Waals surface area contributed by atoms with Gasteiger partial charge in [0.25, 0.3) is 0 Å². The predicted octanol–water partition coefficient (Wildman–Crippen LogP) is 3.40. The standard InChI is InChI=1S/C14H15BrClN3O/c1-17-13(11-4-3-9(16)5-12(11)15)6-10-7-14(20-2)19-8-18-10/h3-5,7-8,13,17H,6H2,1-2H3. The zero-order valence-electron chi connectivity index (χ0n) is 11.2. The SMILES string of the molecule is CNC(Cc1cc(OC)ncn1)c1ccc(Cl)cc1Br. The Morgan fingerprint density at radius 2 is 2.15 bits per heavy atom. The van der Waals surface area contributed by atoms with Gasteiger partial charge in [-0.25, -0.2) is 9.97 Å². The van der Waals surface area contributed by atoms with Gasteiger partial charge in [-0.15, -0.1) is 0 Å². The van der Waals surface area contributed by atoms with Gasteiger partial charge in [-0.05, 0) is 24.7 Å². The lowest BCUT2D eigenvalue weighted by Crippen LogP contribution is -2.20. The molecule has 0 aliphatic carbocycles. The second kappa shape index (κ2) is 7.02. The van der Waals surface area contributed by atoms with Gasteiger partial charge in [0.1, 0.15) is 6.33 Å². The molecule has 0 saturated heterocycles. The van der Waals surface area contributed by atoms with Crippen molar-refractivity contribution in [3.63, 3.8) is 0 Å². The van der Waals surface area contributed by atoms with Gasteiger partial charge in [-0.3, -0.25) is 0 Å².